The van der Waals surface area contributed by atoms with E-state index in [0.717, 1.165) is 6.92 Å². The Kier molecular flexibility index (Phi) is 2.37. The van der Waals surface area contributed by atoms with Gasteiger partial charge in [0.15, 0.2) is 0 Å². The molecule has 0 bridgehead atoms. The minimum atomic E-state index is -2.97. The van der Waals surface area contributed by atoms with Crippen LogP contribution in [0.2, 0.25) is 0 Å². The van der Waals surface area contributed by atoms with Gasteiger partial charge in [-0.2, -0.15) is 5.26 Å². The molecule has 0 fully saturated rings. The molecule has 0 aliphatic rings. The average molecular weight is 251 g/mol. The molecule has 96 valence electrons. The van der Waals surface area contributed by atoms with Gasteiger partial charge >= 0.3 is 0 Å². The molecule has 4 nitrogen and oxygen atoms in total. The summed E-state index contributed by atoms with van der Waals surface area (Å²) in [7, 11) is 0. The van der Waals surface area contributed by atoms with Crippen molar-refractivity contribution in [2.45, 2.75) is 32.7 Å². The van der Waals surface area contributed by atoms with Crippen LogP contribution in [0.25, 0.3) is 0 Å². The lowest BCUT2D eigenvalue weighted by molar-refractivity contribution is -0.120. The number of carbonyl (C=O) groups is 1. The maximum Gasteiger partial charge on any atom is 0.239 e. The molecule has 1 amide bonds. The van der Waals surface area contributed by atoms with Gasteiger partial charge in [-0.05, 0) is 11.0 Å². The molecule has 1 unspecified atom stereocenters. The van der Waals surface area contributed by atoms with E-state index < -0.39 is 37.1 Å². The van der Waals surface area contributed by atoms with Crippen molar-refractivity contribution in [2.24, 2.45) is 11.1 Å². The number of rotatable bonds is 4. The molecule has 4 heteroatoms. The van der Waals surface area contributed by atoms with E-state index >= 15 is 0 Å². The normalized spacial score (nSPS) is 20.9. The number of carbonyl (C=O) groups excluding carboxylic acids is 1. The van der Waals surface area contributed by atoms with Gasteiger partial charge in [-0.25, -0.2) is 0 Å². The molecule has 0 aliphatic carbocycles. The minimum absolute atomic E-state index is 0.406. The maximum absolute atomic E-state index is 11.7. The number of benzene rings is 1. The monoisotopic (exact) mass is 251 g/mol. The van der Waals surface area contributed by atoms with Crippen molar-refractivity contribution in [1.29, 1.82) is 5.26 Å². The number of amides is 1. The van der Waals surface area contributed by atoms with Crippen molar-refractivity contribution in [3.63, 3.8) is 0 Å². The summed E-state index contributed by atoms with van der Waals surface area (Å²) in [4.78, 5) is 11.7. The lowest BCUT2D eigenvalue weighted by atomic mass is 9.86. The number of hydrogen-bond acceptors (Lipinski definition) is 3. The van der Waals surface area contributed by atoms with Gasteiger partial charge in [0.1, 0.15) is 12.1 Å². The zero-order chi connectivity index (χ0) is 18.8. The molecule has 0 saturated heterocycles. The first-order chi connectivity index (χ1) is 10.9. The van der Waals surface area contributed by atoms with E-state index in [4.69, 9.17) is 14.0 Å². The number of nitrogens with zero attached hydrogens (tertiary/aromatic N) is 1. The van der Waals surface area contributed by atoms with Crippen LogP contribution in [0.3, 0.4) is 0 Å². The predicted octanol–water partition coefficient (Wildman–Crippen LogP) is 1.74. The molecule has 0 aliphatic heterocycles. The largest absolute Gasteiger partial charge is 0.368 e. The van der Waals surface area contributed by atoms with Crippen molar-refractivity contribution in [2.75, 3.05) is 0 Å². The fourth-order valence-corrected chi connectivity index (χ4v) is 1.49. The fraction of sp³-hybridized carbons (Fsp3) is 0.429. The van der Waals surface area contributed by atoms with Crippen LogP contribution in [0.15, 0.2) is 30.3 Å². The second kappa shape index (κ2) is 5.65. The highest BCUT2D eigenvalue weighted by Gasteiger charge is 2.29. The molecule has 0 radical (unpaired) electrons. The van der Waals surface area contributed by atoms with Crippen LogP contribution in [-0.4, -0.2) is 11.9 Å². The topological polar surface area (TPSA) is 78.9 Å². The lowest BCUT2D eigenvalue weighted by Crippen LogP contribution is -2.45. The summed E-state index contributed by atoms with van der Waals surface area (Å²) in [6, 6.07) is 6.94. The van der Waals surface area contributed by atoms with Gasteiger partial charge in [0.2, 0.25) is 5.91 Å². The first-order valence-electron chi connectivity index (χ1n) is 8.36. The van der Waals surface area contributed by atoms with E-state index in [1.54, 1.807) is 36.4 Å². The van der Waals surface area contributed by atoms with E-state index in [9.17, 15) is 10.1 Å². The SMILES string of the molecule is [2H]C([2H])([2H])C(C)([C@@H](C#N)NC(C(N)=O)c1ccccc1)C([2H])([2H])[2H]. The highest BCUT2D eigenvalue weighted by atomic mass is 16.1. The second-order valence-corrected chi connectivity index (χ2v) is 4.18. The highest BCUT2D eigenvalue weighted by molar-refractivity contribution is 5.81. The lowest BCUT2D eigenvalue weighted by Gasteiger charge is -2.29. The number of hydrogen-bond donors (Lipinski definition) is 2. The molecule has 1 aromatic rings. The quantitative estimate of drug-likeness (QED) is 0.855. The van der Waals surface area contributed by atoms with Crippen LogP contribution >= 0.6 is 0 Å². The molecule has 0 aromatic heterocycles. The fourth-order valence-electron chi connectivity index (χ4n) is 1.49. The van der Waals surface area contributed by atoms with Gasteiger partial charge in [0.05, 0.1) is 6.07 Å². The zero-order valence-electron chi connectivity index (χ0n) is 16.0. The van der Waals surface area contributed by atoms with Crippen molar-refractivity contribution in [1.82, 2.24) is 5.32 Å². The van der Waals surface area contributed by atoms with Crippen LogP contribution in [-0.2, 0) is 4.79 Å². The Bertz CT molecular complexity index is 606. The molecule has 1 aromatic carbocycles. The van der Waals surface area contributed by atoms with Crippen molar-refractivity contribution < 1.29 is 13.0 Å². The number of primary amides is 1. The van der Waals surface area contributed by atoms with Crippen molar-refractivity contribution >= 4 is 5.91 Å². The molecule has 1 rings (SSSR count). The molecule has 18 heavy (non-hydrogen) atoms. The third-order valence-corrected chi connectivity index (χ3v) is 2.46. The third-order valence-electron chi connectivity index (χ3n) is 2.46. The van der Waals surface area contributed by atoms with Crippen LogP contribution in [0.4, 0.5) is 0 Å². The summed E-state index contributed by atoms with van der Waals surface area (Å²) in [6.45, 7) is -4.95. The Morgan fingerprint density at radius 2 is 2.11 bits per heavy atom. The Morgan fingerprint density at radius 3 is 2.56 bits per heavy atom. The molecule has 0 saturated carbocycles. The summed E-state index contributed by atoms with van der Waals surface area (Å²) in [5.74, 6) is -0.847. The Balaban J connectivity index is 3.33. The summed E-state index contributed by atoms with van der Waals surface area (Å²) >= 11 is 0. The Labute approximate surface area is 116 Å². The zero-order valence-corrected chi connectivity index (χ0v) is 9.97. The number of nitrogens with one attached hydrogen (secondary N) is 1. The van der Waals surface area contributed by atoms with Crippen molar-refractivity contribution in [3.8, 4) is 6.07 Å². The summed E-state index contributed by atoms with van der Waals surface area (Å²) in [5.41, 5.74) is 3.36. The molecule has 2 atom stereocenters. The van der Waals surface area contributed by atoms with Gasteiger partial charge in [-0.3, -0.25) is 10.1 Å². The Morgan fingerprint density at radius 1 is 1.50 bits per heavy atom. The molecule has 0 spiro atoms. The molecule has 0 heterocycles. The van der Waals surface area contributed by atoms with E-state index in [-0.39, 0.29) is 0 Å². The average Bonchev–Trinajstić information content (AvgIpc) is 2.46. The summed E-state index contributed by atoms with van der Waals surface area (Å²) in [6.07, 6.45) is 0. The third kappa shape index (κ3) is 3.57. The summed E-state index contributed by atoms with van der Waals surface area (Å²) < 4.78 is 45.6. The van der Waals surface area contributed by atoms with Crippen LogP contribution < -0.4 is 11.1 Å². The van der Waals surface area contributed by atoms with Gasteiger partial charge in [-0.1, -0.05) is 51.0 Å². The van der Waals surface area contributed by atoms with Gasteiger partial charge < -0.3 is 5.73 Å². The molecule has 3 N–H and O–H groups in total. The number of nitrogens with two attached hydrogens (primary N) is 1. The van der Waals surface area contributed by atoms with Gasteiger partial charge in [-0.15, -0.1) is 0 Å². The first kappa shape index (κ1) is 7.55. The van der Waals surface area contributed by atoms with E-state index in [2.05, 4.69) is 5.32 Å². The van der Waals surface area contributed by atoms with Crippen LogP contribution in [0.1, 0.15) is 40.5 Å². The van der Waals surface area contributed by atoms with E-state index in [0.29, 0.717) is 5.56 Å². The van der Waals surface area contributed by atoms with Crippen LogP contribution in [0, 0.1) is 16.7 Å². The van der Waals surface area contributed by atoms with Crippen LogP contribution in [0.5, 0.6) is 0 Å². The van der Waals surface area contributed by atoms with Crippen molar-refractivity contribution in [3.05, 3.63) is 35.9 Å². The Hall–Kier alpha value is -1.86. The maximum atomic E-state index is 11.7. The van der Waals surface area contributed by atoms with E-state index in [1.807, 2.05) is 0 Å². The highest BCUT2D eigenvalue weighted by Crippen LogP contribution is 2.22. The standard InChI is InChI=1S/C14H19N3O/c1-14(2,3)11(9-15)17-12(13(16)18)10-7-5-4-6-8-10/h4-8,11-12,17H,1-3H3,(H2,16,18)/t11-,12?/m1/s1/i1D3,2D3. The van der Waals surface area contributed by atoms with Gasteiger partial charge in [0.25, 0.3) is 0 Å². The smallest absolute Gasteiger partial charge is 0.239 e. The molecular weight excluding hydrogens is 226 g/mol. The predicted molar refractivity (Wildman–Crippen MR) is 70.4 cm³/mol. The van der Waals surface area contributed by atoms with E-state index in [1.165, 1.54) is 0 Å². The second-order valence-electron chi connectivity index (χ2n) is 4.18. The number of nitriles is 1. The first-order valence-corrected chi connectivity index (χ1v) is 5.36. The molecular formula is C14H19N3O. The minimum Gasteiger partial charge on any atom is -0.368 e. The summed E-state index contributed by atoms with van der Waals surface area (Å²) in [5, 5.41) is 11.9. The van der Waals surface area contributed by atoms with Gasteiger partial charge in [0, 0.05) is 8.22 Å².